The van der Waals surface area contributed by atoms with Crippen molar-refractivity contribution in [3.63, 3.8) is 0 Å². The Kier molecular flexibility index (Phi) is 5.90. The molecule has 5 nitrogen and oxygen atoms in total. The van der Waals surface area contributed by atoms with E-state index in [-0.39, 0.29) is 34.6 Å². The molecule has 2 N–H and O–H groups in total. The van der Waals surface area contributed by atoms with Gasteiger partial charge in [0.1, 0.15) is 18.0 Å². The van der Waals surface area contributed by atoms with Crippen LogP contribution in [0, 0.1) is 13.8 Å². The summed E-state index contributed by atoms with van der Waals surface area (Å²) in [6.07, 6.45) is -1.84. The lowest BCUT2D eigenvalue weighted by Crippen LogP contribution is -3.11. The van der Waals surface area contributed by atoms with E-state index in [1.165, 1.54) is 12.1 Å². The number of phenols is 1. The Morgan fingerprint density at radius 1 is 1.09 bits per heavy atom. The number of piperidine rings is 1. The molecule has 2 aromatic carbocycles. The minimum absolute atomic E-state index is 0.0532. The van der Waals surface area contributed by atoms with Gasteiger partial charge in [-0.3, -0.25) is 4.79 Å². The van der Waals surface area contributed by atoms with Gasteiger partial charge in [0.2, 0.25) is 11.2 Å². The summed E-state index contributed by atoms with van der Waals surface area (Å²) in [6.45, 7) is 5.43. The Hall–Kier alpha value is -3.00. The first-order valence-corrected chi connectivity index (χ1v) is 10.6. The molecule has 2 heterocycles. The van der Waals surface area contributed by atoms with Crippen molar-refractivity contribution >= 4 is 11.0 Å². The molecule has 1 aromatic heterocycles. The summed E-state index contributed by atoms with van der Waals surface area (Å²) in [4.78, 5) is 14.3. The predicted octanol–water partition coefficient (Wildman–Crippen LogP) is 4.50. The van der Waals surface area contributed by atoms with Crippen molar-refractivity contribution in [2.45, 2.75) is 45.8 Å². The monoisotopic (exact) mass is 448 g/mol. The highest BCUT2D eigenvalue weighted by Crippen LogP contribution is 2.40. The highest BCUT2D eigenvalue weighted by atomic mass is 19.4. The fourth-order valence-electron chi connectivity index (χ4n) is 4.14. The number of likely N-dealkylation sites (tertiary alicyclic amines) is 1. The van der Waals surface area contributed by atoms with E-state index in [9.17, 15) is 23.1 Å². The summed E-state index contributed by atoms with van der Waals surface area (Å²) in [5.41, 5.74) is 0.410. The molecule has 170 valence electrons. The molecule has 3 aromatic rings. The van der Waals surface area contributed by atoms with Crippen molar-refractivity contribution in [1.29, 1.82) is 0 Å². The van der Waals surface area contributed by atoms with Crippen LogP contribution in [0.2, 0.25) is 0 Å². The van der Waals surface area contributed by atoms with Crippen LogP contribution >= 0.6 is 0 Å². The third-order valence-corrected chi connectivity index (χ3v) is 5.90. The Morgan fingerprint density at radius 2 is 1.81 bits per heavy atom. The number of hydrogen-bond acceptors (Lipinski definition) is 4. The van der Waals surface area contributed by atoms with Crippen molar-refractivity contribution in [3.05, 3.63) is 63.0 Å². The molecule has 0 radical (unpaired) electrons. The normalized spacial score (nSPS) is 15.3. The highest BCUT2D eigenvalue weighted by Gasteiger charge is 2.41. The van der Waals surface area contributed by atoms with Crippen LogP contribution in [0.4, 0.5) is 13.2 Å². The number of aromatic hydroxyl groups is 1. The molecule has 1 saturated heterocycles. The van der Waals surface area contributed by atoms with Gasteiger partial charge in [0.15, 0.2) is 5.58 Å². The highest BCUT2D eigenvalue weighted by molar-refractivity contribution is 5.83. The van der Waals surface area contributed by atoms with E-state index < -0.39 is 23.1 Å². The Morgan fingerprint density at radius 3 is 2.50 bits per heavy atom. The molecule has 1 fully saturated rings. The molecule has 0 saturated carbocycles. The van der Waals surface area contributed by atoms with Gasteiger partial charge in [-0.1, -0.05) is 12.1 Å². The number of ether oxygens (including phenoxy) is 1. The molecular formula is C24H25F3NO4+. The van der Waals surface area contributed by atoms with Gasteiger partial charge in [0, 0.05) is 0 Å². The number of rotatable bonds is 4. The number of phenolic OH excluding ortho intramolecular Hbond substituents is 1. The van der Waals surface area contributed by atoms with E-state index in [1.807, 2.05) is 0 Å². The van der Waals surface area contributed by atoms with E-state index in [4.69, 9.17) is 9.15 Å². The number of benzene rings is 2. The first kappa shape index (κ1) is 22.2. The van der Waals surface area contributed by atoms with E-state index in [1.54, 1.807) is 32.0 Å². The summed E-state index contributed by atoms with van der Waals surface area (Å²) < 4.78 is 52.7. The molecule has 0 atom stereocenters. The number of quaternary nitrogens is 1. The quantitative estimate of drug-likeness (QED) is 0.617. The molecule has 4 rings (SSSR count). The average Bonchev–Trinajstić information content (AvgIpc) is 2.74. The summed E-state index contributed by atoms with van der Waals surface area (Å²) in [6, 6.07) is 7.68. The summed E-state index contributed by atoms with van der Waals surface area (Å²) in [7, 11) is 0. The molecule has 1 aliphatic heterocycles. The number of hydrogen-bond donors (Lipinski definition) is 2. The summed E-state index contributed by atoms with van der Waals surface area (Å²) in [5.74, 6) is -2.44. The molecule has 0 aliphatic carbocycles. The fourth-order valence-corrected chi connectivity index (χ4v) is 4.14. The minimum Gasteiger partial charge on any atom is -0.507 e. The van der Waals surface area contributed by atoms with Crippen LogP contribution in [-0.2, 0) is 12.7 Å². The Balaban J connectivity index is 1.90. The summed E-state index contributed by atoms with van der Waals surface area (Å²) in [5, 5.41) is 10.4. The average molecular weight is 448 g/mol. The van der Waals surface area contributed by atoms with Crippen LogP contribution in [0.25, 0.3) is 11.0 Å². The lowest BCUT2D eigenvalue weighted by molar-refractivity contribution is -0.918. The second-order valence-electron chi connectivity index (χ2n) is 8.39. The smallest absolute Gasteiger partial charge is 0.453 e. The molecule has 8 heteroatoms. The van der Waals surface area contributed by atoms with Gasteiger partial charge in [0.05, 0.1) is 24.0 Å². The van der Waals surface area contributed by atoms with Gasteiger partial charge in [-0.15, -0.1) is 0 Å². The van der Waals surface area contributed by atoms with E-state index in [0.29, 0.717) is 5.56 Å². The third kappa shape index (κ3) is 4.32. The van der Waals surface area contributed by atoms with Crippen LogP contribution < -0.4 is 15.1 Å². The number of nitrogens with one attached hydrogen (secondary N) is 1. The first-order chi connectivity index (χ1) is 15.1. The third-order valence-electron chi connectivity index (χ3n) is 5.90. The van der Waals surface area contributed by atoms with E-state index >= 15 is 0 Å². The lowest BCUT2D eigenvalue weighted by atomic mass is 10.1. The number of aryl methyl sites for hydroxylation is 2. The SMILES string of the molecule is Cc1ccc(C)c(Oc2c(C(F)(F)F)oc3c(C[NH+]4CCCCC4)c(O)ccc3c2=O)c1. The zero-order chi connectivity index (χ0) is 23.0. The molecule has 0 spiro atoms. The zero-order valence-electron chi connectivity index (χ0n) is 17.9. The maximum atomic E-state index is 13.9. The fraction of sp³-hybridized carbons (Fsp3) is 0.375. The molecule has 0 unspecified atom stereocenters. The van der Waals surface area contributed by atoms with Crippen molar-refractivity contribution in [1.82, 2.24) is 0 Å². The van der Waals surface area contributed by atoms with E-state index in [0.717, 1.165) is 42.8 Å². The maximum Gasteiger partial charge on any atom is 0.453 e. The summed E-state index contributed by atoms with van der Waals surface area (Å²) >= 11 is 0. The Bertz CT molecular complexity index is 1210. The second-order valence-corrected chi connectivity index (χ2v) is 8.39. The topological polar surface area (TPSA) is 64.1 Å². The number of fused-ring (bicyclic) bond motifs is 1. The van der Waals surface area contributed by atoms with Gasteiger partial charge in [-0.2, -0.15) is 13.2 Å². The van der Waals surface area contributed by atoms with Gasteiger partial charge >= 0.3 is 6.18 Å². The maximum absolute atomic E-state index is 13.9. The molecule has 0 bridgehead atoms. The molecular weight excluding hydrogens is 423 g/mol. The van der Waals surface area contributed by atoms with Gasteiger partial charge in [-0.25, -0.2) is 0 Å². The minimum atomic E-state index is -4.96. The molecule has 1 aliphatic rings. The van der Waals surface area contributed by atoms with Crippen molar-refractivity contribution in [3.8, 4) is 17.2 Å². The van der Waals surface area contributed by atoms with Gasteiger partial charge in [0.25, 0.3) is 5.76 Å². The standard InChI is InChI=1S/C24H24F3NO4/c1-14-6-7-15(2)19(12-14)31-22-20(30)16-8-9-18(29)17(13-28-10-4-3-5-11-28)21(16)32-23(22)24(25,26)27/h6-9,12,29H,3-5,10-11,13H2,1-2H3/p+1. The van der Waals surface area contributed by atoms with Crippen LogP contribution in [0.1, 0.15) is 41.7 Å². The zero-order valence-corrected chi connectivity index (χ0v) is 17.9. The van der Waals surface area contributed by atoms with Crippen molar-refractivity contribution < 1.29 is 32.3 Å². The predicted molar refractivity (Wildman–Crippen MR) is 113 cm³/mol. The first-order valence-electron chi connectivity index (χ1n) is 10.6. The van der Waals surface area contributed by atoms with Gasteiger partial charge < -0.3 is 19.2 Å². The number of alkyl halides is 3. The molecule has 32 heavy (non-hydrogen) atoms. The second kappa shape index (κ2) is 8.50. The van der Waals surface area contributed by atoms with Crippen molar-refractivity contribution in [2.75, 3.05) is 13.1 Å². The van der Waals surface area contributed by atoms with Crippen LogP contribution in [0.5, 0.6) is 17.2 Å². The van der Waals surface area contributed by atoms with Crippen LogP contribution in [-0.4, -0.2) is 18.2 Å². The van der Waals surface area contributed by atoms with Crippen molar-refractivity contribution in [2.24, 2.45) is 0 Å². The molecule has 0 amide bonds. The van der Waals surface area contributed by atoms with Crippen LogP contribution in [0.15, 0.2) is 39.5 Å². The number of halogens is 3. The van der Waals surface area contributed by atoms with Gasteiger partial charge in [-0.05, 0) is 62.4 Å². The van der Waals surface area contributed by atoms with E-state index in [2.05, 4.69) is 0 Å². The largest absolute Gasteiger partial charge is 0.507 e. The lowest BCUT2D eigenvalue weighted by Gasteiger charge is -2.24. The Labute approximate surface area is 183 Å². The van der Waals surface area contributed by atoms with Crippen LogP contribution in [0.3, 0.4) is 0 Å².